The molecule has 13 heavy (non-hydrogen) atoms. The second-order valence-electron chi connectivity index (χ2n) is 3.69. The second kappa shape index (κ2) is 4.39. The van der Waals surface area contributed by atoms with Crippen molar-refractivity contribution < 1.29 is 18.1 Å². The minimum Gasteiger partial charge on any atom is -0.746 e. The minimum absolute atomic E-state index is 0.117. The maximum Gasteiger partial charge on any atom is 0.143 e. The lowest BCUT2D eigenvalue weighted by molar-refractivity contribution is 0.180. The first-order valence-corrected chi connectivity index (χ1v) is 6.10. The zero-order valence-electron chi connectivity index (χ0n) is 7.48. The first kappa shape index (κ1) is 10.9. The van der Waals surface area contributed by atoms with E-state index in [2.05, 4.69) is 0 Å². The van der Waals surface area contributed by atoms with Gasteiger partial charge >= 0.3 is 0 Å². The van der Waals surface area contributed by atoms with E-state index in [1.807, 2.05) is 0 Å². The van der Waals surface area contributed by atoms with E-state index in [1.165, 1.54) is 6.42 Å². The molecule has 5 heteroatoms. The van der Waals surface area contributed by atoms with Crippen LogP contribution in [0.25, 0.3) is 0 Å². The molecule has 0 saturated heterocycles. The van der Waals surface area contributed by atoms with Crippen molar-refractivity contribution in [2.45, 2.75) is 44.0 Å². The van der Waals surface area contributed by atoms with Gasteiger partial charge in [-0.3, -0.25) is 0 Å². The van der Waals surface area contributed by atoms with Crippen molar-refractivity contribution in [1.29, 1.82) is 0 Å². The van der Waals surface area contributed by atoms with E-state index in [0.29, 0.717) is 0 Å². The van der Waals surface area contributed by atoms with Crippen LogP contribution in [-0.2, 0) is 10.1 Å². The van der Waals surface area contributed by atoms with E-state index in [9.17, 15) is 13.0 Å². The number of rotatable bonds is 3. The van der Waals surface area contributed by atoms with Crippen molar-refractivity contribution in [3.8, 4) is 0 Å². The molecular formula is C8H15O4S-. The van der Waals surface area contributed by atoms with Crippen LogP contribution in [0.3, 0.4) is 0 Å². The lowest BCUT2D eigenvalue weighted by Gasteiger charge is -2.24. The fraction of sp³-hybridized carbons (Fsp3) is 1.00. The molecule has 4 nitrogen and oxygen atoms in total. The number of hydrogen-bond acceptors (Lipinski definition) is 4. The van der Waals surface area contributed by atoms with Crippen LogP contribution in [0.2, 0.25) is 0 Å². The van der Waals surface area contributed by atoms with Gasteiger partial charge < -0.3 is 9.66 Å². The lowest BCUT2D eigenvalue weighted by atomic mass is 9.87. The van der Waals surface area contributed by atoms with Gasteiger partial charge in [0.25, 0.3) is 0 Å². The largest absolute Gasteiger partial charge is 0.746 e. The smallest absolute Gasteiger partial charge is 0.143 e. The predicted octanol–water partition coefficient (Wildman–Crippen LogP) is 0.820. The molecule has 0 aromatic rings. The van der Waals surface area contributed by atoms with Gasteiger partial charge in [-0.1, -0.05) is 32.1 Å². The van der Waals surface area contributed by atoms with Gasteiger partial charge in [0, 0.05) is 0 Å². The van der Waals surface area contributed by atoms with Gasteiger partial charge in [-0.05, 0) is 12.3 Å². The standard InChI is InChI=1S/C8H16O4S/c9-8(13(10,11)12)6-7-4-2-1-3-5-7/h7-9H,1-6H2,(H,10,11,12)/p-1. The highest BCUT2D eigenvalue weighted by Gasteiger charge is 2.20. The van der Waals surface area contributed by atoms with Crippen LogP contribution in [-0.4, -0.2) is 23.5 Å². The van der Waals surface area contributed by atoms with Crippen LogP contribution < -0.4 is 0 Å². The van der Waals surface area contributed by atoms with Crippen molar-refractivity contribution in [3.63, 3.8) is 0 Å². The monoisotopic (exact) mass is 207 g/mol. The molecular weight excluding hydrogens is 192 g/mol. The van der Waals surface area contributed by atoms with Gasteiger partial charge in [0.05, 0.1) is 0 Å². The third-order valence-corrected chi connectivity index (χ3v) is 3.45. The molecule has 1 N–H and O–H groups in total. The van der Waals surface area contributed by atoms with E-state index in [1.54, 1.807) is 0 Å². The molecule has 0 aromatic heterocycles. The van der Waals surface area contributed by atoms with Gasteiger partial charge in [-0.25, -0.2) is 8.42 Å². The summed E-state index contributed by atoms with van der Waals surface area (Å²) < 4.78 is 31.2. The van der Waals surface area contributed by atoms with E-state index in [-0.39, 0.29) is 12.3 Å². The Morgan fingerprint density at radius 1 is 1.31 bits per heavy atom. The first-order valence-electron chi connectivity index (χ1n) is 4.63. The Morgan fingerprint density at radius 2 is 1.85 bits per heavy atom. The average Bonchev–Trinajstić information content (AvgIpc) is 2.04. The zero-order chi connectivity index (χ0) is 9.90. The van der Waals surface area contributed by atoms with Crippen LogP contribution in [0, 0.1) is 5.92 Å². The van der Waals surface area contributed by atoms with Crippen molar-refractivity contribution in [3.05, 3.63) is 0 Å². The van der Waals surface area contributed by atoms with Gasteiger partial charge in [0.15, 0.2) is 0 Å². The molecule has 1 atom stereocenters. The van der Waals surface area contributed by atoms with Crippen LogP contribution in [0.4, 0.5) is 0 Å². The topological polar surface area (TPSA) is 77.4 Å². The zero-order valence-corrected chi connectivity index (χ0v) is 8.29. The van der Waals surface area contributed by atoms with Crippen molar-refractivity contribution >= 4 is 10.1 Å². The molecule has 0 aliphatic heterocycles. The third kappa shape index (κ3) is 3.62. The molecule has 0 bridgehead atoms. The highest BCUT2D eigenvalue weighted by molar-refractivity contribution is 7.86. The molecule has 1 unspecified atom stereocenters. The Labute approximate surface area is 78.7 Å². The summed E-state index contributed by atoms with van der Waals surface area (Å²) in [5.74, 6) is 0.215. The molecule has 78 valence electrons. The predicted molar refractivity (Wildman–Crippen MR) is 46.9 cm³/mol. The third-order valence-electron chi connectivity index (χ3n) is 2.59. The quantitative estimate of drug-likeness (QED) is 0.695. The Kier molecular flexibility index (Phi) is 3.70. The van der Waals surface area contributed by atoms with Crippen molar-refractivity contribution in [2.75, 3.05) is 0 Å². The summed E-state index contributed by atoms with van der Waals surface area (Å²) in [6.45, 7) is 0. The fourth-order valence-electron chi connectivity index (χ4n) is 1.83. The SMILES string of the molecule is O=S(=O)([O-])C(O)CC1CCCCC1. The maximum atomic E-state index is 10.4. The molecule has 1 aliphatic carbocycles. The van der Waals surface area contributed by atoms with Gasteiger partial charge in [-0.2, -0.15) is 0 Å². The normalized spacial score (nSPS) is 22.9. The number of aliphatic hydroxyl groups is 1. The highest BCUT2D eigenvalue weighted by Crippen LogP contribution is 2.28. The van der Waals surface area contributed by atoms with E-state index in [0.717, 1.165) is 25.7 Å². The van der Waals surface area contributed by atoms with Crippen LogP contribution in [0.5, 0.6) is 0 Å². The number of hydrogen-bond donors (Lipinski definition) is 1. The lowest BCUT2D eigenvalue weighted by Crippen LogP contribution is -2.24. The molecule has 1 saturated carbocycles. The summed E-state index contributed by atoms with van der Waals surface area (Å²) in [5, 5.41) is 9.04. The van der Waals surface area contributed by atoms with Crippen molar-refractivity contribution in [1.82, 2.24) is 0 Å². The van der Waals surface area contributed by atoms with E-state index in [4.69, 9.17) is 5.11 Å². The van der Waals surface area contributed by atoms with Gasteiger partial charge in [0.2, 0.25) is 0 Å². The number of aliphatic hydroxyl groups excluding tert-OH is 1. The van der Waals surface area contributed by atoms with Crippen LogP contribution in [0.1, 0.15) is 38.5 Å². The molecule has 0 aromatic carbocycles. The summed E-state index contributed by atoms with van der Waals surface area (Å²) >= 11 is 0. The Morgan fingerprint density at radius 3 is 2.31 bits per heavy atom. The fourth-order valence-corrected chi connectivity index (χ4v) is 2.33. The van der Waals surface area contributed by atoms with Crippen LogP contribution in [0.15, 0.2) is 0 Å². The summed E-state index contributed by atoms with van der Waals surface area (Å²) in [6.07, 6.45) is 5.33. The first-order chi connectivity index (χ1) is 6.00. The molecule has 1 aliphatic rings. The summed E-state index contributed by atoms with van der Waals surface area (Å²) in [6, 6.07) is 0. The van der Waals surface area contributed by atoms with E-state index >= 15 is 0 Å². The Balaban J connectivity index is 2.39. The van der Waals surface area contributed by atoms with Gasteiger partial charge in [-0.15, -0.1) is 0 Å². The van der Waals surface area contributed by atoms with Crippen LogP contribution >= 0.6 is 0 Å². The second-order valence-corrected chi connectivity index (χ2v) is 5.22. The molecule has 1 fully saturated rings. The molecule has 0 heterocycles. The molecule has 0 amide bonds. The minimum atomic E-state index is -4.50. The summed E-state index contributed by atoms with van der Waals surface area (Å²) in [4.78, 5) is 0. The Bertz CT molecular complexity index is 241. The summed E-state index contributed by atoms with van der Waals surface area (Å²) in [7, 11) is -4.50. The maximum absolute atomic E-state index is 10.4. The molecule has 1 rings (SSSR count). The van der Waals surface area contributed by atoms with E-state index < -0.39 is 15.6 Å². The molecule has 0 spiro atoms. The molecule has 0 radical (unpaired) electrons. The highest BCUT2D eigenvalue weighted by atomic mass is 32.2. The van der Waals surface area contributed by atoms with Crippen molar-refractivity contribution in [2.24, 2.45) is 5.92 Å². The Hall–Kier alpha value is -0.130. The van der Waals surface area contributed by atoms with Gasteiger partial charge in [0.1, 0.15) is 15.6 Å². The summed E-state index contributed by atoms with van der Waals surface area (Å²) in [5.41, 5.74) is -1.70. The average molecular weight is 207 g/mol.